The Morgan fingerprint density at radius 2 is 1.92 bits per heavy atom. The zero-order chi connectivity index (χ0) is 17.4. The first-order valence-electron chi connectivity index (χ1n) is 8.66. The van der Waals surface area contributed by atoms with Crippen LogP contribution in [0.1, 0.15) is 39.2 Å². The van der Waals surface area contributed by atoms with Crippen LogP contribution >= 0.6 is 0 Å². The monoisotopic (exact) mass is 330 g/mol. The molecule has 2 aliphatic heterocycles. The molecule has 3 N–H and O–H groups in total. The molecule has 2 heterocycles. The van der Waals surface area contributed by atoms with E-state index >= 15 is 0 Å². The van der Waals surface area contributed by atoms with Gasteiger partial charge in [0.25, 0.3) is 0 Å². The number of benzene rings is 1. The van der Waals surface area contributed by atoms with Crippen LogP contribution < -0.4 is 16.0 Å². The highest BCUT2D eigenvalue weighted by Gasteiger charge is 2.34. The molecular formula is C18H26N4O2. The summed E-state index contributed by atoms with van der Waals surface area (Å²) in [5, 5.41) is 3.02. The van der Waals surface area contributed by atoms with Gasteiger partial charge >= 0.3 is 6.03 Å². The Hall–Kier alpha value is -2.08. The van der Waals surface area contributed by atoms with E-state index in [9.17, 15) is 9.59 Å². The average molecular weight is 330 g/mol. The molecule has 3 rings (SSSR count). The third kappa shape index (κ3) is 2.98. The van der Waals surface area contributed by atoms with Crippen molar-refractivity contribution in [3.63, 3.8) is 0 Å². The molecule has 0 aliphatic carbocycles. The van der Waals surface area contributed by atoms with E-state index in [0.717, 1.165) is 36.2 Å². The third-order valence-electron chi connectivity index (χ3n) is 5.36. The van der Waals surface area contributed by atoms with Crippen LogP contribution in [0.4, 0.5) is 16.2 Å². The number of likely N-dealkylation sites (tertiary alicyclic amines) is 1. The number of nitrogens with one attached hydrogen (secondary N) is 1. The second-order valence-electron chi connectivity index (χ2n) is 6.97. The Balaban J connectivity index is 1.70. The maximum absolute atomic E-state index is 12.6. The van der Waals surface area contributed by atoms with E-state index in [4.69, 9.17) is 5.73 Å². The molecule has 6 nitrogen and oxygen atoms in total. The van der Waals surface area contributed by atoms with E-state index < -0.39 is 6.03 Å². The van der Waals surface area contributed by atoms with Crippen molar-refractivity contribution in [2.75, 3.05) is 16.8 Å². The number of amides is 3. The van der Waals surface area contributed by atoms with Gasteiger partial charge in [-0.3, -0.25) is 14.6 Å². The van der Waals surface area contributed by atoms with Gasteiger partial charge in [0, 0.05) is 30.0 Å². The number of carbonyl (C=O) groups is 2. The maximum atomic E-state index is 12.6. The summed E-state index contributed by atoms with van der Waals surface area (Å²) in [5.41, 5.74) is 8.04. The molecule has 1 saturated heterocycles. The molecule has 0 bridgehead atoms. The Bertz CT molecular complexity index is 650. The van der Waals surface area contributed by atoms with Gasteiger partial charge in [-0.15, -0.1) is 0 Å². The Kier molecular flexibility index (Phi) is 4.49. The van der Waals surface area contributed by atoms with E-state index in [1.807, 2.05) is 25.1 Å². The van der Waals surface area contributed by atoms with Crippen LogP contribution in [0.3, 0.4) is 0 Å². The minimum Gasteiger partial charge on any atom is -0.351 e. The zero-order valence-corrected chi connectivity index (χ0v) is 14.6. The number of fused-ring (bicyclic) bond motifs is 1. The molecule has 1 aromatic carbocycles. The second-order valence-corrected chi connectivity index (χ2v) is 6.97. The number of nitrogens with two attached hydrogens (primary N) is 1. The van der Waals surface area contributed by atoms with Gasteiger partial charge in [-0.25, -0.2) is 4.79 Å². The lowest BCUT2D eigenvalue weighted by atomic mass is 10.1. The van der Waals surface area contributed by atoms with Crippen LogP contribution in [0.2, 0.25) is 0 Å². The van der Waals surface area contributed by atoms with Crippen molar-refractivity contribution in [2.45, 2.75) is 58.2 Å². The summed E-state index contributed by atoms with van der Waals surface area (Å²) >= 11 is 0. The summed E-state index contributed by atoms with van der Waals surface area (Å²) in [6.45, 7) is 6.93. The number of urea groups is 1. The van der Waals surface area contributed by atoms with E-state index in [-0.39, 0.29) is 11.9 Å². The molecule has 3 atom stereocenters. The summed E-state index contributed by atoms with van der Waals surface area (Å²) in [5.74, 6) is 0.0142. The Labute approximate surface area is 143 Å². The first-order chi connectivity index (χ1) is 11.4. The van der Waals surface area contributed by atoms with Gasteiger partial charge in [0.2, 0.25) is 5.91 Å². The molecule has 0 aromatic heterocycles. The predicted octanol–water partition coefficient (Wildman–Crippen LogP) is 2.33. The number of nitrogens with zero attached hydrogens (tertiary/aromatic N) is 2. The number of anilines is 2. The van der Waals surface area contributed by atoms with Crippen molar-refractivity contribution in [1.82, 2.24) is 4.90 Å². The largest absolute Gasteiger partial charge is 0.351 e. The molecular weight excluding hydrogens is 304 g/mol. The fourth-order valence-electron chi connectivity index (χ4n) is 4.07. The SMILES string of the molecule is C[C@@H]1CC[C@H](C)N1[C@H](C)C(=O)Nc1ccc2c(c1)CCN2C(N)=O. The summed E-state index contributed by atoms with van der Waals surface area (Å²) in [6.07, 6.45) is 3.04. The van der Waals surface area contributed by atoms with Crippen LogP contribution in [0.25, 0.3) is 0 Å². The number of carbonyl (C=O) groups excluding carboxylic acids is 2. The number of rotatable bonds is 3. The smallest absolute Gasteiger partial charge is 0.319 e. The molecule has 1 aromatic rings. The first-order valence-corrected chi connectivity index (χ1v) is 8.66. The highest BCUT2D eigenvalue weighted by atomic mass is 16.2. The van der Waals surface area contributed by atoms with Crippen LogP contribution in [0, 0.1) is 0 Å². The normalized spacial score (nSPS) is 24.7. The van der Waals surface area contributed by atoms with E-state index in [1.54, 1.807) is 4.90 Å². The maximum Gasteiger partial charge on any atom is 0.319 e. The van der Waals surface area contributed by atoms with Crippen molar-refractivity contribution in [3.05, 3.63) is 23.8 Å². The number of hydrogen-bond donors (Lipinski definition) is 2. The third-order valence-corrected chi connectivity index (χ3v) is 5.36. The van der Waals surface area contributed by atoms with E-state index in [2.05, 4.69) is 24.1 Å². The molecule has 3 amide bonds. The second kappa shape index (κ2) is 6.43. The molecule has 0 spiro atoms. The van der Waals surface area contributed by atoms with Gasteiger partial charge < -0.3 is 11.1 Å². The first kappa shape index (κ1) is 16.8. The highest BCUT2D eigenvalue weighted by Crippen LogP contribution is 2.31. The van der Waals surface area contributed by atoms with Crippen molar-refractivity contribution < 1.29 is 9.59 Å². The van der Waals surface area contributed by atoms with Crippen molar-refractivity contribution >= 4 is 23.3 Å². The average Bonchev–Trinajstić information content (AvgIpc) is 3.09. The molecule has 0 radical (unpaired) electrons. The topological polar surface area (TPSA) is 78.7 Å². The van der Waals surface area contributed by atoms with Crippen molar-refractivity contribution in [1.29, 1.82) is 0 Å². The number of primary amides is 1. The number of hydrogen-bond acceptors (Lipinski definition) is 3. The van der Waals surface area contributed by atoms with Crippen molar-refractivity contribution in [2.24, 2.45) is 5.73 Å². The van der Waals surface area contributed by atoms with Crippen LogP contribution in [0.5, 0.6) is 0 Å². The summed E-state index contributed by atoms with van der Waals surface area (Å²) in [6, 6.07) is 5.91. The summed E-state index contributed by atoms with van der Waals surface area (Å²) < 4.78 is 0. The molecule has 2 aliphatic rings. The lowest BCUT2D eigenvalue weighted by Crippen LogP contribution is -2.46. The molecule has 24 heavy (non-hydrogen) atoms. The summed E-state index contributed by atoms with van der Waals surface area (Å²) in [7, 11) is 0. The Morgan fingerprint density at radius 1 is 1.25 bits per heavy atom. The molecule has 0 saturated carbocycles. The quantitative estimate of drug-likeness (QED) is 0.893. The van der Waals surface area contributed by atoms with Crippen molar-refractivity contribution in [3.8, 4) is 0 Å². The highest BCUT2D eigenvalue weighted by molar-refractivity contribution is 5.96. The molecule has 0 unspecified atom stereocenters. The fourth-order valence-corrected chi connectivity index (χ4v) is 4.07. The van der Waals surface area contributed by atoms with Crippen LogP contribution in [-0.4, -0.2) is 41.5 Å². The van der Waals surface area contributed by atoms with Crippen LogP contribution in [-0.2, 0) is 11.2 Å². The van der Waals surface area contributed by atoms with Gasteiger partial charge in [0.1, 0.15) is 0 Å². The van der Waals surface area contributed by atoms with E-state index in [0.29, 0.717) is 18.6 Å². The Morgan fingerprint density at radius 3 is 2.54 bits per heavy atom. The van der Waals surface area contributed by atoms with Gasteiger partial charge in [0.05, 0.1) is 6.04 Å². The summed E-state index contributed by atoms with van der Waals surface area (Å²) in [4.78, 5) is 27.9. The van der Waals surface area contributed by atoms with Gasteiger partial charge in [-0.1, -0.05) is 0 Å². The predicted molar refractivity (Wildman–Crippen MR) is 95.2 cm³/mol. The van der Waals surface area contributed by atoms with Gasteiger partial charge in [-0.05, 0) is 63.8 Å². The van der Waals surface area contributed by atoms with Crippen LogP contribution in [0.15, 0.2) is 18.2 Å². The molecule has 1 fully saturated rings. The lowest BCUT2D eigenvalue weighted by molar-refractivity contribution is -0.121. The van der Waals surface area contributed by atoms with Gasteiger partial charge in [-0.2, -0.15) is 0 Å². The lowest BCUT2D eigenvalue weighted by Gasteiger charge is -2.31. The minimum atomic E-state index is -0.434. The standard InChI is InChI=1S/C18H26N4O2/c1-11-4-5-12(2)22(11)13(3)17(23)20-15-6-7-16-14(10-15)8-9-21(16)18(19)24/h6-7,10-13H,4-5,8-9H2,1-3H3,(H2,19,24)(H,20,23)/t11-,12+,13-/m1/s1. The molecule has 6 heteroatoms. The fraction of sp³-hybridized carbons (Fsp3) is 0.556. The zero-order valence-electron chi connectivity index (χ0n) is 14.6. The molecule has 130 valence electrons. The minimum absolute atomic E-state index is 0.0142. The van der Waals surface area contributed by atoms with Gasteiger partial charge in [0.15, 0.2) is 0 Å². The van der Waals surface area contributed by atoms with E-state index in [1.165, 1.54) is 0 Å².